The minimum Gasteiger partial charge on any atom is -0.192 e. The van der Waals surface area contributed by atoms with Gasteiger partial charge in [0.1, 0.15) is 0 Å². The van der Waals surface area contributed by atoms with E-state index in [2.05, 4.69) is 146 Å². The SMILES string of the molecule is N#Cc1ccc(-c2ccc(-c3sc4c(-c5ccccc5)c(-c5ccccc5)c5ccccc5c4c3-c3ccccc3)cc2)cc1. The highest BCUT2D eigenvalue weighted by Crippen LogP contribution is 2.54. The molecule has 8 aromatic rings. The summed E-state index contributed by atoms with van der Waals surface area (Å²) < 4.78 is 1.30. The lowest BCUT2D eigenvalue weighted by Crippen LogP contribution is -1.90. The molecule has 0 saturated heterocycles. The number of nitrogens with zero attached hydrogens (tertiary/aromatic N) is 1. The maximum Gasteiger partial charge on any atom is 0.0991 e. The summed E-state index contributed by atoms with van der Waals surface area (Å²) in [7, 11) is 0. The van der Waals surface area contributed by atoms with Gasteiger partial charge in [-0.2, -0.15) is 5.26 Å². The van der Waals surface area contributed by atoms with Crippen LogP contribution in [0.5, 0.6) is 0 Å². The Morgan fingerprint density at radius 2 is 0.822 bits per heavy atom. The van der Waals surface area contributed by atoms with Gasteiger partial charge in [0, 0.05) is 26.1 Å². The molecule has 1 nitrogen and oxygen atoms in total. The molecule has 0 N–H and O–H groups in total. The van der Waals surface area contributed by atoms with E-state index in [4.69, 9.17) is 0 Å². The normalized spacial score (nSPS) is 11.1. The summed E-state index contributed by atoms with van der Waals surface area (Å²) in [6.45, 7) is 0. The Labute approximate surface area is 266 Å². The minimum atomic E-state index is 0.671. The molecule has 45 heavy (non-hydrogen) atoms. The zero-order valence-electron chi connectivity index (χ0n) is 24.4. The van der Waals surface area contributed by atoms with Crippen molar-refractivity contribution in [3.63, 3.8) is 0 Å². The lowest BCUT2D eigenvalue weighted by molar-refractivity contribution is 1.48. The molecule has 0 spiro atoms. The van der Waals surface area contributed by atoms with Gasteiger partial charge in [-0.3, -0.25) is 0 Å². The summed E-state index contributed by atoms with van der Waals surface area (Å²) in [5, 5.41) is 13.1. The predicted molar refractivity (Wildman–Crippen MR) is 191 cm³/mol. The largest absolute Gasteiger partial charge is 0.192 e. The van der Waals surface area contributed by atoms with E-state index >= 15 is 0 Å². The second kappa shape index (κ2) is 11.4. The fraction of sp³-hybridized carbons (Fsp3) is 0. The average Bonchev–Trinajstić information content (AvgIpc) is 3.53. The third-order valence-corrected chi connectivity index (χ3v) is 9.79. The van der Waals surface area contributed by atoms with Gasteiger partial charge < -0.3 is 0 Å². The van der Waals surface area contributed by atoms with E-state index in [1.807, 2.05) is 35.6 Å². The summed E-state index contributed by atoms with van der Waals surface area (Å²) >= 11 is 1.89. The first-order valence-corrected chi connectivity index (χ1v) is 15.9. The van der Waals surface area contributed by atoms with Crippen LogP contribution in [-0.4, -0.2) is 0 Å². The van der Waals surface area contributed by atoms with Gasteiger partial charge in [-0.25, -0.2) is 0 Å². The van der Waals surface area contributed by atoms with Crippen LogP contribution < -0.4 is 0 Å². The zero-order chi connectivity index (χ0) is 30.2. The molecule has 0 saturated carbocycles. The summed E-state index contributed by atoms with van der Waals surface area (Å²) in [5.41, 5.74) is 11.6. The predicted octanol–water partition coefficient (Wildman–Crippen LogP) is 12.3. The van der Waals surface area contributed by atoms with E-state index in [0.717, 1.165) is 11.1 Å². The van der Waals surface area contributed by atoms with E-state index < -0.39 is 0 Å². The molecular formula is C43H27NS. The summed E-state index contributed by atoms with van der Waals surface area (Å²) in [6.07, 6.45) is 0. The molecule has 0 radical (unpaired) electrons. The third-order valence-electron chi connectivity index (χ3n) is 8.53. The van der Waals surface area contributed by atoms with Crippen LogP contribution in [0, 0.1) is 11.3 Å². The van der Waals surface area contributed by atoms with Crippen molar-refractivity contribution in [3.05, 3.63) is 169 Å². The number of hydrogen-bond donors (Lipinski definition) is 0. The molecule has 1 aromatic heterocycles. The number of thiophene rings is 1. The van der Waals surface area contributed by atoms with Crippen LogP contribution >= 0.6 is 11.3 Å². The Balaban J connectivity index is 1.47. The summed E-state index contributed by atoms with van der Waals surface area (Å²) in [5.74, 6) is 0. The molecule has 0 aliphatic heterocycles. The van der Waals surface area contributed by atoms with Gasteiger partial charge in [-0.05, 0) is 61.8 Å². The van der Waals surface area contributed by atoms with Crippen molar-refractivity contribution in [2.75, 3.05) is 0 Å². The molecule has 0 aliphatic carbocycles. The molecular weight excluding hydrogens is 563 g/mol. The standard InChI is InChI=1S/C43H27NS/c44-28-29-20-22-30(23-21-29)31-24-26-35(27-25-31)42-40(34-16-8-3-9-17-34)41-37-19-11-10-18-36(37)38(32-12-4-1-5-13-32)39(43(41)45-42)33-14-6-2-7-15-33/h1-27H. The van der Waals surface area contributed by atoms with Gasteiger partial charge in [-0.1, -0.05) is 152 Å². The number of nitriles is 1. The lowest BCUT2D eigenvalue weighted by Gasteiger charge is -2.17. The molecule has 2 heteroatoms. The van der Waals surface area contributed by atoms with Crippen LogP contribution in [0.4, 0.5) is 0 Å². The van der Waals surface area contributed by atoms with E-state index in [0.29, 0.717) is 5.56 Å². The van der Waals surface area contributed by atoms with Gasteiger partial charge in [0.15, 0.2) is 0 Å². The number of benzene rings is 7. The van der Waals surface area contributed by atoms with Crippen LogP contribution in [0.2, 0.25) is 0 Å². The van der Waals surface area contributed by atoms with Crippen molar-refractivity contribution in [1.82, 2.24) is 0 Å². The Morgan fingerprint density at radius 1 is 0.378 bits per heavy atom. The molecule has 0 unspecified atom stereocenters. The first-order valence-electron chi connectivity index (χ1n) is 15.1. The van der Waals surface area contributed by atoms with E-state index in [1.54, 1.807) is 0 Å². The molecule has 210 valence electrons. The fourth-order valence-corrected chi connectivity index (χ4v) is 7.87. The number of rotatable bonds is 5. The van der Waals surface area contributed by atoms with Gasteiger partial charge >= 0.3 is 0 Å². The first-order chi connectivity index (χ1) is 22.3. The highest BCUT2D eigenvalue weighted by atomic mass is 32.1. The molecule has 0 aliphatic rings. The van der Waals surface area contributed by atoms with Gasteiger partial charge in [0.25, 0.3) is 0 Å². The quantitative estimate of drug-likeness (QED) is 0.196. The summed E-state index contributed by atoms with van der Waals surface area (Å²) in [4.78, 5) is 1.26. The molecule has 0 fully saturated rings. The first kappa shape index (κ1) is 26.8. The Bertz CT molecular complexity index is 2330. The second-order valence-corrected chi connectivity index (χ2v) is 12.2. The van der Waals surface area contributed by atoms with Crippen molar-refractivity contribution in [2.24, 2.45) is 0 Å². The van der Waals surface area contributed by atoms with Crippen LogP contribution in [0.25, 0.3) is 75.8 Å². The van der Waals surface area contributed by atoms with E-state index in [9.17, 15) is 5.26 Å². The highest BCUT2D eigenvalue weighted by molar-refractivity contribution is 7.24. The summed E-state index contributed by atoms with van der Waals surface area (Å²) in [6, 6.07) is 60.3. The van der Waals surface area contributed by atoms with Crippen molar-refractivity contribution in [2.45, 2.75) is 0 Å². The molecule has 0 atom stereocenters. The Kier molecular flexibility index (Phi) is 6.80. The van der Waals surface area contributed by atoms with Crippen LogP contribution in [0.15, 0.2) is 164 Å². The van der Waals surface area contributed by atoms with Crippen molar-refractivity contribution < 1.29 is 0 Å². The number of hydrogen-bond acceptors (Lipinski definition) is 2. The van der Waals surface area contributed by atoms with Gasteiger partial charge in [-0.15, -0.1) is 11.3 Å². The molecule has 8 rings (SSSR count). The zero-order valence-corrected chi connectivity index (χ0v) is 25.3. The molecule has 0 amide bonds. The van der Waals surface area contributed by atoms with Crippen LogP contribution in [0.1, 0.15) is 5.56 Å². The van der Waals surface area contributed by atoms with Crippen LogP contribution in [-0.2, 0) is 0 Å². The number of fused-ring (bicyclic) bond motifs is 3. The topological polar surface area (TPSA) is 23.8 Å². The molecule has 0 bridgehead atoms. The second-order valence-electron chi connectivity index (χ2n) is 11.2. The van der Waals surface area contributed by atoms with Gasteiger partial charge in [0.2, 0.25) is 0 Å². The van der Waals surface area contributed by atoms with Crippen molar-refractivity contribution >= 4 is 32.2 Å². The highest BCUT2D eigenvalue weighted by Gasteiger charge is 2.24. The van der Waals surface area contributed by atoms with E-state index in [1.165, 1.54) is 64.7 Å². The minimum absolute atomic E-state index is 0.671. The third kappa shape index (κ3) is 4.71. The molecule has 7 aromatic carbocycles. The Hall–Kier alpha value is -5.75. The molecule has 1 heterocycles. The lowest BCUT2D eigenvalue weighted by atomic mass is 9.86. The fourth-order valence-electron chi connectivity index (χ4n) is 6.45. The monoisotopic (exact) mass is 589 g/mol. The van der Waals surface area contributed by atoms with Crippen molar-refractivity contribution in [1.29, 1.82) is 5.26 Å². The van der Waals surface area contributed by atoms with Crippen molar-refractivity contribution in [3.8, 4) is 61.0 Å². The Morgan fingerprint density at radius 3 is 1.38 bits per heavy atom. The van der Waals surface area contributed by atoms with Gasteiger partial charge in [0.05, 0.1) is 11.6 Å². The maximum absolute atomic E-state index is 9.23. The smallest absolute Gasteiger partial charge is 0.0991 e. The van der Waals surface area contributed by atoms with E-state index in [-0.39, 0.29) is 0 Å². The average molecular weight is 590 g/mol. The van der Waals surface area contributed by atoms with Crippen LogP contribution in [0.3, 0.4) is 0 Å². The maximum atomic E-state index is 9.23.